The number of hydrogen-bond donors (Lipinski definition) is 2. The number of nitrogens with two attached hydrogens (primary N) is 1. The van der Waals surface area contributed by atoms with E-state index < -0.39 is 0 Å². The summed E-state index contributed by atoms with van der Waals surface area (Å²) in [5.41, 5.74) is 5.59. The first-order chi connectivity index (χ1) is 7.49. The van der Waals surface area contributed by atoms with E-state index in [0.717, 1.165) is 0 Å². The quantitative estimate of drug-likeness (QED) is 0.491. The van der Waals surface area contributed by atoms with E-state index in [1.54, 1.807) is 20.8 Å². The first kappa shape index (κ1) is 14.9. The summed E-state index contributed by atoms with van der Waals surface area (Å²) in [5, 5.41) is 2.73. The number of carbonyl (C=O) groups is 2. The number of rotatable bonds is 7. The molecule has 0 bridgehead atoms. The fourth-order valence-corrected chi connectivity index (χ4v) is 1.08. The highest BCUT2D eigenvalue weighted by atomic mass is 16.5. The summed E-state index contributed by atoms with van der Waals surface area (Å²) < 4.78 is 4.76. The van der Waals surface area contributed by atoms with E-state index in [1.165, 1.54) is 0 Å². The highest BCUT2D eigenvalue weighted by molar-refractivity contribution is 5.78. The molecule has 2 atom stereocenters. The van der Waals surface area contributed by atoms with Gasteiger partial charge in [-0.3, -0.25) is 9.59 Å². The molecule has 1 amide bonds. The van der Waals surface area contributed by atoms with Crippen molar-refractivity contribution in [1.29, 1.82) is 0 Å². The molecule has 0 spiro atoms. The second-order valence-corrected chi connectivity index (χ2v) is 3.85. The molecule has 0 heterocycles. The molecule has 94 valence electrons. The molecule has 0 aliphatic heterocycles. The topological polar surface area (TPSA) is 81.4 Å². The normalized spacial score (nSPS) is 14.0. The molecular weight excluding hydrogens is 208 g/mol. The van der Waals surface area contributed by atoms with E-state index in [2.05, 4.69) is 5.32 Å². The van der Waals surface area contributed by atoms with E-state index >= 15 is 0 Å². The zero-order valence-electron chi connectivity index (χ0n) is 10.3. The van der Waals surface area contributed by atoms with Crippen LogP contribution in [-0.4, -0.2) is 31.1 Å². The molecule has 0 saturated heterocycles. The highest BCUT2D eigenvalue weighted by Gasteiger charge is 2.16. The highest BCUT2D eigenvalue weighted by Crippen LogP contribution is 1.99. The zero-order chi connectivity index (χ0) is 12.6. The molecule has 0 saturated carbocycles. The molecule has 0 aromatic heterocycles. The Balaban J connectivity index is 3.59. The van der Waals surface area contributed by atoms with Crippen LogP contribution in [0.3, 0.4) is 0 Å². The van der Waals surface area contributed by atoms with Gasteiger partial charge in [-0.25, -0.2) is 0 Å². The van der Waals surface area contributed by atoms with Gasteiger partial charge in [-0.15, -0.1) is 0 Å². The van der Waals surface area contributed by atoms with E-state index in [9.17, 15) is 9.59 Å². The Labute approximate surface area is 96.7 Å². The van der Waals surface area contributed by atoms with Gasteiger partial charge in [0.15, 0.2) is 0 Å². The van der Waals surface area contributed by atoms with Crippen LogP contribution < -0.4 is 11.1 Å². The van der Waals surface area contributed by atoms with Crippen LogP contribution in [0.2, 0.25) is 0 Å². The predicted octanol–water partition coefficient (Wildman–Crippen LogP) is 0.429. The maximum atomic E-state index is 11.4. The summed E-state index contributed by atoms with van der Waals surface area (Å²) in [6.07, 6.45) is 0.928. The molecule has 0 fully saturated rings. The van der Waals surface area contributed by atoms with Crippen molar-refractivity contribution < 1.29 is 14.3 Å². The Morgan fingerprint density at radius 3 is 2.50 bits per heavy atom. The van der Waals surface area contributed by atoms with E-state index in [-0.39, 0.29) is 23.8 Å². The first-order valence-corrected chi connectivity index (χ1v) is 5.68. The van der Waals surface area contributed by atoms with Crippen molar-refractivity contribution in [2.45, 2.75) is 39.7 Å². The molecule has 3 N–H and O–H groups in total. The van der Waals surface area contributed by atoms with Gasteiger partial charge < -0.3 is 15.8 Å². The Bertz CT molecular complexity index is 229. The molecule has 0 aliphatic carbocycles. The standard InChI is InChI=1S/C11H22N2O3/c1-4-16-10(14)6-5-7-13-11(15)8(2)9(3)12/h8-9H,4-7,12H2,1-3H3,(H,13,15). The lowest BCUT2D eigenvalue weighted by Gasteiger charge is -2.15. The van der Waals surface area contributed by atoms with Crippen molar-refractivity contribution in [3.63, 3.8) is 0 Å². The van der Waals surface area contributed by atoms with Crippen LogP contribution in [0.25, 0.3) is 0 Å². The molecule has 0 aromatic carbocycles. The van der Waals surface area contributed by atoms with Crippen LogP contribution in [-0.2, 0) is 14.3 Å². The van der Waals surface area contributed by atoms with Gasteiger partial charge in [0.25, 0.3) is 0 Å². The number of esters is 1. The van der Waals surface area contributed by atoms with Gasteiger partial charge in [-0.05, 0) is 20.3 Å². The Hall–Kier alpha value is -1.10. The van der Waals surface area contributed by atoms with Gasteiger partial charge in [0.05, 0.1) is 6.61 Å². The molecule has 5 nitrogen and oxygen atoms in total. The molecular formula is C11H22N2O3. The maximum absolute atomic E-state index is 11.4. The summed E-state index contributed by atoms with van der Waals surface area (Å²) in [6.45, 7) is 6.22. The van der Waals surface area contributed by atoms with Crippen molar-refractivity contribution in [2.75, 3.05) is 13.2 Å². The van der Waals surface area contributed by atoms with Gasteiger partial charge in [-0.2, -0.15) is 0 Å². The molecule has 16 heavy (non-hydrogen) atoms. The van der Waals surface area contributed by atoms with Gasteiger partial charge in [0.1, 0.15) is 0 Å². The Kier molecular flexibility index (Phi) is 7.54. The number of carbonyl (C=O) groups excluding carboxylic acids is 2. The van der Waals surface area contributed by atoms with Crippen LogP contribution in [0.5, 0.6) is 0 Å². The predicted molar refractivity (Wildman–Crippen MR) is 61.7 cm³/mol. The van der Waals surface area contributed by atoms with Gasteiger partial charge in [-0.1, -0.05) is 6.92 Å². The number of nitrogens with one attached hydrogen (secondary N) is 1. The number of ether oxygens (including phenoxy) is 1. The number of amides is 1. The lowest BCUT2D eigenvalue weighted by Crippen LogP contribution is -2.39. The van der Waals surface area contributed by atoms with Crippen molar-refractivity contribution in [3.8, 4) is 0 Å². The van der Waals surface area contributed by atoms with Crippen LogP contribution >= 0.6 is 0 Å². The average Bonchev–Trinajstić information content (AvgIpc) is 2.23. The van der Waals surface area contributed by atoms with Gasteiger partial charge in [0.2, 0.25) is 5.91 Å². The van der Waals surface area contributed by atoms with Gasteiger partial charge in [0, 0.05) is 24.9 Å². The third-order valence-corrected chi connectivity index (χ3v) is 2.36. The fourth-order valence-electron chi connectivity index (χ4n) is 1.08. The average molecular weight is 230 g/mol. The van der Waals surface area contributed by atoms with Crippen molar-refractivity contribution in [1.82, 2.24) is 5.32 Å². The zero-order valence-corrected chi connectivity index (χ0v) is 10.3. The summed E-state index contributed by atoms with van der Waals surface area (Å²) in [4.78, 5) is 22.4. The minimum atomic E-state index is -0.225. The Morgan fingerprint density at radius 1 is 1.38 bits per heavy atom. The molecule has 0 rings (SSSR count). The van der Waals surface area contributed by atoms with Gasteiger partial charge >= 0.3 is 5.97 Å². The Morgan fingerprint density at radius 2 is 2.00 bits per heavy atom. The summed E-state index contributed by atoms with van der Waals surface area (Å²) in [6, 6.07) is -0.162. The second-order valence-electron chi connectivity index (χ2n) is 3.85. The summed E-state index contributed by atoms with van der Waals surface area (Å²) in [7, 11) is 0. The molecule has 0 radical (unpaired) electrons. The van der Waals surface area contributed by atoms with Crippen molar-refractivity contribution in [3.05, 3.63) is 0 Å². The van der Waals surface area contributed by atoms with Crippen molar-refractivity contribution in [2.24, 2.45) is 11.7 Å². The summed E-state index contributed by atoms with van der Waals surface area (Å²) in [5.74, 6) is -0.501. The number of hydrogen-bond acceptors (Lipinski definition) is 4. The largest absolute Gasteiger partial charge is 0.466 e. The lowest BCUT2D eigenvalue weighted by atomic mass is 10.0. The lowest BCUT2D eigenvalue weighted by molar-refractivity contribution is -0.143. The third kappa shape index (κ3) is 6.40. The summed E-state index contributed by atoms with van der Waals surface area (Å²) >= 11 is 0. The van der Waals surface area contributed by atoms with E-state index in [0.29, 0.717) is 26.0 Å². The van der Waals surface area contributed by atoms with E-state index in [1.807, 2.05) is 0 Å². The van der Waals surface area contributed by atoms with Crippen molar-refractivity contribution >= 4 is 11.9 Å². The maximum Gasteiger partial charge on any atom is 0.305 e. The first-order valence-electron chi connectivity index (χ1n) is 5.68. The minimum Gasteiger partial charge on any atom is -0.466 e. The SMILES string of the molecule is CCOC(=O)CCCNC(=O)C(C)C(C)N. The van der Waals surface area contributed by atoms with Crippen LogP contribution in [0.15, 0.2) is 0 Å². The van der Waals surface area contributed by atoms with Crippen LogP contribution in [0.4, 0.5) is 0 Å². The third-order valence-electron chi connectivity index (χ3n) is 2.36. The molecule has 0 aliphatic rings. The van der Waals surface area contributed by atoms with E-state index in [4.69, 9.17) is 10.5 Å². The molecule has 0 aromatic rings. The molecule has 2 unspecified atom stereocenters. The monoisotopic (exact) mass is 230 g/mol. The second kappa shape index (κ2) is 8.10. The molecule has 5 heteroatoms. The van der Waals surface area contributed by atoms with Crippen LogP contribution in [0.1, 0.15) is 33.6 Å². The smallest absolute Gasteiger partial charge is 0.305 e. The fraction of sp³-hybridized carbons (Fsp3) is 0.818. The minimum absolute atomic E-state index is 0.0705. The van der Waals surface area contributed by atoms with Crippen LogP contribution in [0, 0.1) is 5.92 Å².